The van der Waals surface area contributed by atoms with E-state index in [1.165, 1.54) is 6.07 Å². The van der Waals surface area contributed by atoms with E-state index in [1.54, 1.807) is 12.3 Å². The van der Waals surface area contributed by atoms with Crippen LogP contribution in [0.4, 0.5) is 19.0 Å². The molecule has 1 aromatic carbocycles. The van der Waals surface area contributed by atoms with E-state index in [2.05, 4.69) is 20.1 Å². The predicted octanol–water partition coefficient (Wildman–Crippen LogP) is 3.46. The van der Waals surface area contributed by atoms with Gasteiger partial charge in [-0.25, -0.2) is 4.98 Å². The molecule has 1 atom stereocenters. The van der Waals surface area contributed by atoms with Gasteiger partial charge < -0.3 is 10.2 Å². The molecule has 1 saturated heterocycles. The summed E-state index contributed by atoms with van der Waals surface area (Å²) >= 11 is 0. The minimum absolute atomic E-state index is 0.0859. The molecule has 1 N–H and O–H groups in total. The molecule has 2 fully saturated rings. The maximum atomic E-state index is 13.1. The van der Waals surface area contributed by atoms with Crippen LogP contribution in [-0.2, 0) is 16.4 Å². The summed E-state index contributed by atoms with van der Waals surface area (Å²) in [6, 6.07) is 11.0. The van der Waals surface area contributed by atoms with Gasteiger partial charge in [0.25, 0.3) is 0 Å². The lowest BCUT2D eigenvalue weighted by atomic mass is 9.93. The molecule has 1 unspecified atom stereocenters. The second kappa shape index (κ2) is 8.49. The van der Waals surface area contributed by atoms with E-state index in [9.17, 15) is 18.0 Å². The number of hydrogen-bond donors (Lipinski definition) is 1. The SMILES string of the molecule is CC(CN1CCN(c2ccccn2)CC1)NC(=O)C1(c2cccc(C(F)(F)F)c2)CC1. The normalized spacial score (nSPS) is 19.7. The number of amides is 1. The number of pyridine rings is 1. The summed E-state index contributed by atoms with van der Waals surface area (Å²) < 4.78 is 39.2. The van der Waals surface area contributed by atoms with Crippen LogP contribution in [0.5, 0.6) is 0 Å². The van der Waals surface area contributed by atoms with Crippen LogP contribution in [0.25, 0.3) is 0 Å². The molecule has 1 aliphatic heterocycles. The quantitative estimate of drug-likeness (QED) is 0.760. The van der Waals surface area contributed by atoms with E-state index >= 15 is 0 Å². The maximum absolute atomic E-state index is 13.1. The monoisotopic (exact) mass is 432 g/mol. The highest BCUT2D eigenvalue weighted by molar-refractivity contribution is 5.91. The number of nitrogens with one attached hydrogen (secondary N) is 1. The Hall–Kier alpha value is -2.61. The first-order chi connectivity index (χ1) is 14.8. The highest BCUT2D eigenvalue weighted by Gasteiger charge is 2.52. The Morgan fingerprint density at radius 3 is 2.48 bits per heavy atom. The molecular formula is C23H27F3N4O. The molecule has 1 aliphatic carbocycles. The molecule has 2 aliphatic rings. The fourth-order valence-electron chi connectivity index (χ4n) is 4.26. The third-order valence-corrected chi connectivity index (χ3v) is 6.18. The largest absolute Gasteiger partial charge is 0.416 e. The van der Waals surface area contributed by atoms with Crippen LogP contribution in [0.15, 0.2) is 48.7 Å². The summed E-state index contributed by atoms with van der Waals surface area (Å²) in [6.45, 7) is 6.13. The van der Waals surface area contributed by atoms with Crippen molar-refractivity contribution in [2.24, 2.45) is 0 Å². The molecule has 1 amide bonds. The van der Waals surface area contributed by atoms with Gasteiger partial charge in [-0.15, -0.1) is 0 Å². The molecule has 2 heterocycles. The number of rotatable bonds is 6. The van der Waals surface area contributed by atoms with E-state index in [0.29, 0.717) is 24.9 Å². The smallest absolute Gasteiger partial charge is 0.354 e. The summed E-state index contributed by atoms with van der Waals surface area (Å²) in [5, 5.41) is 3.04. The van der Waals surface area contributed by atoms with Crippen molar-refractivity contribution < 1.29 is 18.0 Å². The van der Waals surface area contributed by atoms with Crippen LogP contribution in [0.3, 0.4) is 0 Å². The Labute approximate surface area is 180 Å². The molecule has 2 aromatic rings. The number of nitrogens with zero attached hydrogens (tertiary/aromatic N) is 3. The minimum atomic E-state index is -4.41. The molecule has 31 heavy (non-hydrogen) atoms. The summed E-state index contributed by atoms with van der Waals surface area (Å²) in [7, 11) is 0. The van der Waals surface area contributed by atoms with Crippen molar-refractivity contribution in [1.82, 2.24) is 15.2 Å². The molecule has 1 saturated carbocycles. The first kappa shape index (κ1) is 21.6. The van der Waals surface area contributed by atoms with Gasteiger partial charge in [-0.2, -0.15) is 13.2 Å². The lowest BCUT2D eigenvalue weighted by Gasteiger charge is -2.36. The maximum Gasteiger partial charge on any atom is 0.416 e. The van der Waals surface area contributed by atoms with Gasteiger partial charge >= 0.3 is 6.18 Å². The number of halogens is 3. The third kappa shape index (κ3) is 4.84. The Balaban J connectivity index is 1.31. The Morgan fingerprint density at radius 2 is 1.87 bits per heavy atom. The Kier molecular flexibility index (Phi) is 5.92. The van der Waals surface area contributed by atoms with Crippen molar-refractivity contribution in [3.8, 4) is 0 Å². The molecule has 0 bridgehead atoms. The highest BCUT2D eigenvalue weighted by atomic mass is 19.4. The average Bonchev–Trinajstić information content (AvgIpc) is 3.57. The van der Waals surface area contributed by atoms with Gasteiger partial charge in [-0.3, -0.25) is 9.69 Å². The third-order valence-electron chi connectivity index (χ3n) is 6.18. The van der Waals surface area contributed by atoms with Crippen molar-refractivity contribution in [2.75, 3.05) is 37.6 Å². The Morgan fingerprint density at radius 1 is 1.13 bits per heavy atom. The molecule has 0 radical (unpaired) electrons. The summed E-state index contributed by atoms with van der Waals surface area (Å²) in [5.74, 6) is 0.798. The highest BCUT2D eigenvalue weighted by Crippen LogP contribution is 2.49. The van der Waals surface area contributed by atoms with E-state index in [0.717, 1.165) is 44.1 Å². The predicted molar refractivity (Wildman–Crippen MR) is 113 cm³/mol. The van der Waals surface area contributed by atoms with Crippen molar-refractivity contribution in [2.45, 2.75) is 37.4 Å². The lowest BCUT2D eigenvalue weighted by molar-refractivity contribution is -0.137. The number of carbonyl (C=O) groups excluding carboxylic acids is 1. The molecule has 5 nitrogen and oxygen atoms in total. The number of anilines is 1. The zero-order chi connectivity index (χ0) is 22.1. The van der Waals surface area contributed by atoms with Crippen LogP contribution in [0.2, 0.25) is 0 Å². The lowest BCUT2D eigenvalue weighted by Crippen LogP contribution is -2.52. The summed E-state index contributed by atoms with van der Waals surface area (Å²) in [4.78, 5) is 21.9. The zero-order valence-electron chi connectivity index (χ0n) is 17.5. The summed E-state index contributed by atoms with van der Waals surface area (Å²) in [6.07, 6.45) is -1.46. The number of piperazine rings is 1. The molecule has 4 rings (SSSR count). The first-order valence-corrected chi connectivity index (χ1v) is 10.6. The molecule has 8 heteroatoms. The number of benzene rings is 1. The van der Waals surface area contributed by atoms with Gasteiger partial charge in [0.15, 0.2) is 0 Å². The van der Waals surface area contributed by atoms with Crippen LogP contribution in [0, 0.1) is 0 Å². The molecule has 166 valence electrons. The van der Waals surface area contributed by atoms with Crippen LogP contribution in [0.1, 0.15) is 30.9 Å². The fraction of sp³-hybridized carbons (Fsp3) is 0.478. The number of alkyl halides is 3. The van der Waals surface area contributed by atoms with E-state index < -0.39 is 17.2 Å². The number of carbonyl (C=O) groups is 1. The Bertz CT molecular complexity index is 907. The van der Waals surface area contributed by atoms with Crippen molar-refractivity contribution in [3.05, 3.63) is 59.8 Å². The minimum Gasteiger partial charge on any atom is -0.354 e. The second-order valence-corrected chi connectivity index (χ2v) is 8.51. The molecular weight excluding hydrogens is 405 g/mol. The van der Waals surface area contributed by atoms with Gasteiger partial charge in [0, 0.05) is 45.0 Å². The van der Waals surface area contributed by atoms with Crippen molar-refractivity contribution in [1.29, 1.82) is 0 Å². The summed E-state index contributed by atoms with van der Waals surface area (Å²) in [5.41, 5.74) is -1.08. The standard InChI is InChI=1S/C23H27F3N4O/c1-17(16-29-11-13-30(14-12-29)20-7-2-3-10-27-20)28-21(31)22(8-9-22)18-5-4-6-19(15-18)23(24,25)26/h2-7,10,15,17H,8-9,11-14,16H2,1H3,(H,28,31). The van der Waals surface area contributed by atoms with Crippen LogP contribution < -0.4 is 10.2 Å². The van der Waals surface area contributed by atoms with Gasteiger partial charge in [-0.05, 0) is 43.5 Å². The van der Waals surface area contributed by atoms with E-state index in [1.807, 2.05) is 25.1 Å². The van der Waals surface area contributed by atoms with E-state index in [4.69, 9.17) is 0 Å². The second-order valence-electron chi connectivity index (χ2n) is 8.51. The number of aromatic nitrogens is 1. The zero-order valence-corrected chi connectivity index (χ0v) is 17.5. The van der Waals surface area contributed by atoms with Gasteiger partial charge in [0.05, 0.1) is 11.0 Å². The molecule has 1 aromatic heterocycles. The first-order valence-electron chi connectivity index (χ1n) is 10.6. The molecule has 0 spiro atoms. The van der Waals surface area contributed by atoms with Gasteiger partial charge in [0.1, 0.15) is 5.82 Å². The number of hydrogen-bond acceptors (Lipinski definition) is 4. The van der Waals surface area contributed by atoms with Crippen LogP contribution >= 0.6 is 0 Å². The van der Waals surface area contributed by atoms with Gasteiger partial charge in [-0.1, -0.05) is 24.3 Å². The van der Waals surface area contributed by atoms with E-state index in [-0.39, 0.29) is 11.9 Å². The van der Waals surface area contributed by atoms with Crippen molar-refractivity contribution in [3.63, 3.8) is 0 Å². The topological polar surface area (TPSA) is 48.5 Å². The van der Waals surface area contributed by atoms with Crippen molar-refractivity contribution >= 4 is 11.7 Å². The van der Waals surface area contributed by atoms with Gasteiger partial charge in [0.2, 0.25) is 5.91 Å². The van der Waals surface area contributed by atoms with Crippen LogP contribution in [-0.4, -0.2) is 54.6 Å². The fourth-order valence-corrected chi connectivity index (χ4v) is 4.26. The average molecular weight is 432 g/mol.